The van der Waals surface area contributed by atoms with Crippen molar-refractivity contribution < 1.29 is 14.1 Å². The van der Waals surface area contributed by atoms with Gasteiger partial charge in [-0.2, -0.15) is 0 Å². The minimum atomic E-state index is -0.0211. The third-order valence-corrected chi connectivity index (χ3v) is 5.46. The molecule has 0 saturated heterocycles. The van der Waals surface area contributed by atoms with E-state index in [0.717, 1.165) is 30.7 Å². The van der Waals surface area contributed by atoms with Crippen LogP contribution in [0.2, 0.25) is 0 Å². The standard InChI is InChI=1S/C21H25N3O2S/c1-3-24(4-2)14-17-10-6-5-9-16(17)13-22-20(25)15-27-21-23-18-11-7-8-12-19(18)26-21/h5-12H,3-4,13-15H2,1-2H3,(H,22,25)/p+1. The minimum Gasteiger partial charge on any atom is -0.431 e. The Hall–Kier alpha value is -2.31. The van der Waals surface area contributed by atoms with Crippen molar-refractivity contribution in [1.29, 1.82) is 0 Å². The van der Waals surface area contributed by atoms with Crippen LogP contribution in [0.5, 0.6) is 0 Å². The lowest BCUT2D eigenvalue weighted by atomic mass is 10.1. The Bertz CT molecular complexity index is 857. The van der Waals surface area contributed by atoms with Crippen LogP contribution < -0.4 is 10.2 Å². The molecule has 3 rings (SSSR count). The summed E-state index contributed by atoms with van der Waals surface area (Å²) in [5, 5.41) is 3.54. The SMILES string of the molecule is CC[NH+](CC)Cc1ccccc1CNC(=O)CSc1nc2ccccc2o1. The number of amides is 1. The van der Waals surface area contributed by atoms with Gasteiger partial charge in [-0.1, -0.05) is 48.2 Å². The molecule has 0 aliphatic heterocycles. The smallest absolute Gasteiger partial charge is 0.257 e. The number of carbonyl (C=O) groups excluding carboxylic acids is 1. The number of benzene rings is 2. The number of thioether (sulfide) groups is 1. The minimum absolute atomic E-state index is 0.0211. The zero-order valence-electron chi connectivity index (χ0n) is 15.8. The predicted molar refractivity (Wildman–Crippen MR) is 109 cm³/mol. The molecule has 3 aromatic rings. The van der Waals surface area contributed by atoms with Crippen molar-refractivity contribution in [3.05, 3.63) is 59.7 Å². The van der Waals surface area contributed by atoms with E-state index in [2.05, 4.69) is 42.3 Å². The summed E-state index contributed by atoms with van der Waals surface area (Å²) in [6.45, 7) is 8.12. The zero-order valence-corrected chi connectivity index (χ0v) is 16.6. The summed E-state index contributed by atoms with van der Waals surface area (Å²) in [6.07, 6.45) is 0. The van der Waals surface area contributed by atoms with Gasteiger partial charge in [-0.3, -0.25) is 4.79 Å². The monoisotopic (exact) mass is 384 g/mol. The molecule has 0 fully saturated rings. The molecule has 142 valence electrons. The van der Waals surface area contributed by atoms with E-state index in [0.29, 0.717) is 11.8 Å². The molecule has 1 amide bonds. The Morgan fingerprint density at radius 3 is 2.52 bits per heavy atom. The van der Waals surface area contributed by atoms with Crippen LogP contribution in [0, 0.1) is 0 Å². The molecule has 0 spiro atoms. The van der Waals surface area contributed by atoms with E-state index < -0.39 is 0 Å². The highest BCUT2D eigenvalue weighted by atomic mass is 32.2. The molecule has 0 unspecified atom stereocenters. The van der Waals surface area contributed by atoms with E-state index in [1.54, 1.807) is 0 Å². The van der Waals surface area contributed by atoms with Crippen LogP contribution >= 0.6 is 11.8 Å². The first-order valence-electron chi connectivity index (χ1n) is 9.35. The molecule has 0 atom stereocenters. The maximum atomic E-state index is 12.2. The number of para-hydroxylation sites is 2. The van der Waals surface area contributed by atoms with E-state index in [1.165, 1.54) is 27.8 Å². The predicted octanol–water partition coefficient (Wildman–Crippen LogP) is 2.66. The number of aromatic nitrogens is 1. The molecular formula is C21H26N3O2S+. The van der Waals surface area contributed by atoms with E-state index in [4.69, 9.17) is 4.42 Å². The van der Waals surface area contributed by atoms with Crippen LogP contribution in [-0.4, -0.2) is 29.7 Å². The second-order valence-corrected chi connectivity index (χ2v) is 7.34. The first-order chi connectivity index (χ1) is 13.2. The Morgan fingerprint density at radius 2 is 1.78 bits per heavy atom. The first-order valence-corrected chi connectivity index (χ1v) is 10.3. The van der Waals surface area contributed by atoms with Crippen molar-refractivity contribution in [2.45, 2.75) is 32.2 Å². The van der Waals surface area contributed by atoms with Crippen LogP contribution in [0.1, 0.15) is 25.0 Å². The van der Waals surface area contributed by atoms with Crippen LogP contribution in [0.3, 0.4) is 0 Å². The van der Waals surface area contributed by atoms with Crippen LogP contribution in [0.15, 0.2) is 58.2 Å². The average Bonchev–Trinajstić information content (AvgIpc) is 3.12. The van der Waals surface area contributed by atoms with Crippen molar-refractivity contribution in [2.24, 2.45) is 0 Å². The van der Waals surface area contributed by atoms with Crippen molar-refractivity contribution in [1.82, 2.24) is 10.3 Å². The number of fused-ring (bicyclic) bond motifs is 1. The second kappa shape index (κ2) is 9.58. The molecular weight excluding hydrogens is 358 g/mol. The van der Waals surface area contributed by atoms with E-state index in [9.17, 15) is 4.79 Å². The highest BCUT2D eigenvalue weighted by Crippen LogP contribution is 2.22. The maximum Gasteiger partial charge on any atom is 0.257 e. The third kappa shape index (κ3) is 5.34. The van der Waals surface area contributed by atoms with Gasteiger partial charge in [-0.05, 0) is 31.5 Å². The summed E-state index contributed by atoms with van der Waals surface area (Å²) in [7, 11) is 0. The summed E-state index contributed by atoms with van der Waals surface area (Å²) in [5.41, 5.74) is 4.03. The lowest BCUT2D eigenvalue weighted by Gasteiger charge is -2.17. The van der Waals surface area contributed by atoms with E-state index in [-0.39, 0.29) is 11.7 Å². The number of rotatable bonds is 9. The van der Waals surface area contributed by atoms with Gasteiger partial charge >= 0.3 is 0 Å². The Morgan fingerprint density at radius 1 is 1.07 bits per heavy atom. The van der Waals surface area contributed by atoms with Gasteiger partial charge in [0, 0.05) is 12.1 Å². The maximum absolute atomic E-state index is 12.2. The number of carbonyl (C=O) groups is 1. The van der Waals surface area contributed by atoms with Crippen LogP contribution in [-0.2, 0) is 17.9 Å². The molecule has 0 aliphatic carbocycles. The van der Waals surface area contributed by atoms with Crippen molar-refractivity contribution >= 4 is 28.8 Å². The van der Waals surface area contributed by atoms with Gasteiger partial charge in [0.2, 0.25) is 5.91 Å². The summed E-state index contributed by atoms with van der Waals surface area (Å²) in [5.74, 6) is 0.267. The Labute approximate surface area is 164 Å². The molecule has 5 nitrogen and oxygen atoms in total. The van der Waals surface area contributed by atoms with Gasteiger partial charge in [-0.25, -0.2) is 4.98 Å². The van der Waals surface area contributed by atoms with Gasteiger partial charge in [0.15, 0.2) is 5.58 Å². The summed E-state index contributed by atoms with van der Waals surface area (Å²) < 4.78 is 5.64. The Kier molecular flexibility index (Phi) is 6.90. The number of hydrogen-bond acceptors (Lipinski definition) is 4. The molecule has 0 aliphatic rings. The van der Waals surface area contributed by atoms with Crippen LogP contribution in [0.4, 0.5) is 0 Å². The fraction of sp³-hybridized carbons (Fsp3) is 0.333. The van der Waals surface area contributed by atoms with Crippen LogP contribution in [0.25, 0.3) is 11.1 Å². The van der Waals surface area contributed by atoms with Crippen molar-refractivity contribution in [3.8, 4) is 0 Å². The highest BCUT2D eigenvalue weighted by molar-refractivity contribution is 7.99. The van der Waals surface area contributed by atoms with Crippen molar-refractivity contribution in [2.75, 3.05) is 18.8 Å². The number of nitrogens with zero attached hydrogens (tertiary/aromatic N) is 1. The molecule has 2 N–H and O–H groups in total. The number of nitrogens with one attached hydrogen (secondary N) is 2. The average molecular weight is 385 g/mol. The second-order valence-electron chi connectivity index (χ2n) is 6.42. The lowest BCUT2D eigenvalue weighted by molar-refractivity contribution is -0.910. The molecule has 2 aromatic carbocycles. The molecule has 6 heteroatoms. The normalized spacial score (nSPS) is 11.2. The molecule has 0 saturated carbocycles. The number of hydrogen-bond donors (Lipinski definition) is 2. The largest absolute Gasteiger partial charge is 0.431 e. The molecule has 0 bridgehead atoms. The Balaban J connectivity index is 1.53. The van der Waals surface area contributed by atoms with Gasteiger partial charge in [0.25, 0.3) is 5.22 Å². The van der Waals surface area contributed by atoms with E-state index >= 15 is 0 Å². The molecule has 27 heavy (non-hydrogen) atoms. The van der Waals surface area contributed by atoms with E-state index in [1.807, 2.05) is 30.3 Å². The molecule has 1 aromatic heterocycles. The molecule has 0 radical (unpaired) electrons. The number of oxazole rings is 1. The fourth-order valence-corrected chi connectivity index (χ4v) is 3.62. The van der Waals surface area contributed by atoms with Gasteiger partial charge < -0.3 is 14.6 Å². The van der Waals surface area contributed by atoms with Gasteiger partial charge in [0.1, 0.15) is 12.1 Å². The molecule has 1 heterocycles. The zero-order chi connectivity index (χ0) is 19.1. The first kappa shape index (κ1) is 19.5. The summed E-state index contributed by atoms with van der Waals surface area (Å²) >= 11 is 1.32. The highest BCUT2D eigenvalue weighted by Gasteiger charge is 2.11. The van der Waals surface area contributed by atoms with Gasteiger partial charge in [-0.15, -0.1) is 0 Å². The topological polar surface area (TPSA) is 59.6 Å². The summed E-state index contributed by atoms with van der Waals surface area (Å²) in [6, 6.07) is 15.9. The fourth-order valence-electron chi connectivity index (χ4n) is 2.96. The third-order valence-electron chi connectivity index (χ3n) is 4.64. The van der Waals surface area contributed by atoms with Gasteiger partial charge in [0.05, 0.1) is 18.8 Å². The quantitative estimate of drug-likeness (QED) is 0.557. The summed E-state index contributed by atoms with van der Waals surface area (Å²) in [4.78, 5) is 18.2. The lowest BCUT2D eigenvalue weighted by Crippen LogP contribution is -3.10. The number of quaternary nitrogens is 1. The van der Waals surface area contributed by atoms with Crippen molar-refractivity contribution in [3.63, 3.8) is 0 Å².